The SMILES string of the molecule is CC[C@H](C)[C@@H]1NC(=O)[C@@H](C)N(C)C(=O)C[C@@H](C(=O)N2CCCCC2)N(C)C(C2CCCCC2)N(C)C(=O)C2(CCCC2)NC(=O)[C@@H]2CCCN2C(=O)[C@H](CCc2ccc(Cl)cc2)NC(=O)CN(C)C(=O)[C@H](CC2CCCCC2)N(C)C(=O)CN(C)C(=O)CN(C)C1=O. The topological polar surface area (TPSA) is 253 Å². The number of nitrogens with zero attached hydrogens (tertiary/aromatic N) is 9. The van der Waals surface area contributed by atoms with Crippen LogP contribution in [0.3, 0.4) is 0 Å². The van der Waals surface area contributed by atoms with Crippen molar-refractivity contribution in [2.45, 2.75) is 223 Å². The molecule has 24 heteroatoms. The number of amides is 11. The molecular weight excluding hydrogens is 1200 g/mol. The van der Waals surface area contributed by atoms with E-state index >= 15 is 19.2 Å². The molecule has 3 aliphatic heterocycles. The van der Waals surface area contributed by atoms with Crippen LogP contribution in [0.2, 0.25) is 5.02 Å². The number of carbonyl (C=O) groups excluding carboxylic acids is 11. The van der Waals surface area contributed by atoms with E-state index in [4.69, 9.17) is 11.6 Å². The van der Waals surface area contributed by atoms with Gasteiger partial charge in [-0.3, -0.25) is 57.6 Å². The zero-order chi connectivity index (χ0) is 67.1. The predicted octanol–water partition coefficient (Wildman–Crippen LogP) is 4.81. The van der Waals surface area contributed by atoms with Gasteiger partial charge in [-0.15, -0.1) is 0 Å². The van der Waals surface area contributed by atoms with Crippen LogP contribution in [0.5, 0.6) is 0 Å². The number of aryl methyl sites for hydroxylation is 1. The smallest absolute Gasteiger partial charge is 0.249 e. The minimum Gasteiger partial charge on any atom is -0.343 e. The van der Waals surface area contributed by atoms with Gasteiger partial charge in [0.15, 0.2) is 0 Å². The number of piperidine rings is 1. The summed E-state index contributed by atoms with van der Waals surface area (Å²) < 4.78 is 0. The summed E-state index contributed by atoms with van der Waals surface area (Å²) in [6, 6.07) is 0.684. The first-order valence-corrected chi connectivity index (χ1v) is 34.6. The Balaban J connectivity index is 1.26. The molecule has 3 saturated carbocycles. The molecule has 1 aromatic rings. The van der Waals surface area contributed by atoms with Crippen LogP contribution in [0, 0.1) is 17.8 Å². The fourth-order valence-corrected chi connectivity index (χ4v) is 15.1. The number of carbonyl (C=O) groups is 11. The molecule has 0 radical (unpaired) electrons. The highest BCUT2D eigenvalue weighted by Gasteiger charge is 2.51. The highest BCUT2D eigenvalue weighted by Crippen LogP contribution is 2.38. The van der Waals surface area contributed by atoms with Crippen molar-refractivity contribution in [2.24, 2.45) is 17.8 Å². The Hall–Kier alpha value is -6.36. The maximum atomic E-state index is 15.8. The summed E-state index contributed by atoms with van der Waals surface area (Å²) in [7, 11) is 10.9. The van der Waals surface area contributed by atoms with Crippen molar-refractivity contribution >= 4 is 76.6 Å². The summed E-state index contributed by atoms with van der Waals surface area (Å²) in [6.45, 7) is 5.05. The molecule has 3 aliphatic carbocycles. The summed E-state index contributed by atoms with van der Waals surface area (Å²) in [5.74, 6) is -6.00. The van der Waals surface area contributed by atoms with E-state index in [1.54, 1.807) is 49.9 Å². The average molecular weight is 1300 g/mol. The molecule has 3 saturated heterocycles. The Kier molecular flexibility index (Phi) is 26.7. The van der Waals surface area contributed by atoms with Crippen molar-refractivity contribution in [2.75, 3.05) is 88.6 Å². The van der Waals surface area contributed by atoms with Crippen molar-refractivity contribution in [1.82, 2.24) is 60.0 Å². The van der Waals surface area contributed by atoms with E-state index in [0.717, 1.165) is 89.0 Å². The van der Waals surface area contributed by atoms with Crippen LogP contribution in [0.15, 0.2) is 24.3 Å². The molecule has 8 atom stereocenters. The van der Waals surface area contributed by atoms with Gasteiger partial charge in [0.1, 0.15) is 35.7 Å². The van der Waals surface area contributed by atoms with Crippen LogP contribution in [0.4, 0.5) is 0 Å². The third-order valence-electron chi connectivity index (χ3n) is 21.2. The van der Waals surface area contributed by atoms with Gasteiger partial charge in [0.2, 0.25) is 65.0 Å². The van der Waals surface area contributed by atoms with E-state index < -0.39 is 127 Å². The van der Waals surface area contributed by atoms with E-state index in [-0.39, 0.29) is 43.0 Å². The van der Waals surface area contributed by atoms with E-state index in [1.807, 2.05) is 24.0 Å². The lowest BCUT2D eigenvalue weighted by molar-refractivity contribution is -0.156. The molecule has 7 rings (SSSR count). The molecule has 3 heterocycles. The van der Waals surface area contributed by atoms with Gasteiger partial charge in [-0.1, -0.05) is 108 Å². The summed E-state index contributed by atoms with van der Waals surface area (Å²) in [5, 5.41) is 9.58. The van der Waals surface area contributed by atoms with Gasteiger partial charge < -0.3 is 55.1 Å². The quantitative estimate of drug-likeness (QED) is 0.301. The zero-order valence-corrected chi connectivity index (χ0v) is 57.4. The second-order valence-corrected chi connectivity index (χ2v) is 28.1. The van der Waals surface area contributed by atoms with Crippen LogP contribution in [-0.2, 0) is 59.2 Å². The first-order valence-electron chi connectivity index (χ1n) is 34.3. The van der Waals surface area contributed by atoms with Gasteiger partial charge >= 0.3 is 0 Å². The maximum Gasteiger partial charge on any atom is 0.249 e. The van der Waals surface area contributed by atoms with Gasteiger partial charge in [-0.25, -0.2) is 0 Å². The van der Waals surface area contributed by atoms with Crippen molar-refractivity contribution in [3.8, 4) is 0 Å². The molecular formula is C68H107ClN12O11. The summed E-state index contributed by atoms with van der Waals surface area (Å²) in [5.41, 5.74) is -0.524. The third-order valence-corrected chi connectivity index (χ3v) is 21.5. The molecule has 92 heavy (non-hydrogen) atoms. The second kappa shape index (κ2) is 33.7. The number of nitrogens with one attached hydrogen (secondary N) is 3. The van der Waals surface area contributed by atoms with Crippen LogP contribution >= 0.6 is 11.6 Å². The molecule has 23 nitrogen and oxygen atoms in total. The van der Waals surface area contributed by atoms with Crippen LogP contribution in [0.1, 0.15) is 174 Å². The third kappa shape index (κ3) is 18.3. The Labute approximate surface area is 551 Å². The first kappa shape index (κ1) is 73.1. The van der Waals surface area contributed by atoms with Gasteiger partial charge in [0.25, 0.3) is 0 Å². The van der Waals surface area contributed by atoms with Crippen molar-refractivity contribution in [1.29, 1.82) is 0 Å². The highest BCUT2D eigenvalue weighted by molar-refractivity contribution is 6.30. The Morgan fingerprint density at radius 3 is 1.85 bits per heavy atom. The second-order valence-electron chi connectivity index (χ2n) is 27.7. The van der Waals surface area contributed by atoms with E-state index in [2.05, 4.69) is 16.0 Å². The number of halogens is 1. The number of hydrogen-bond donors (Lipinski definition) is 3. The highest BCUT2D eigenvalue weighted by atomic mass is 35.5. The lowest BCUT2D eigenvalue weighted by Gasteiger charge is -2.48. The molecule has 6 fully saturated rings. The lowest BCUT2D eigenvalue weighted by Crippen LogP contribution is -2.66. The van der Waals surface area contributed by atoms with Gasteiger partial charge in [-0.2, -0.15) is 0 Å². The molecule has 11 amide bonds. The summed E-state index contributed by atoms with van der Waals surface area (Å²) in [6.07, 6.45) is 14.4. The molecule has 6 aliphatic rings. The molecule has 0 aromatic heterocycles. The van der Waals surface area contributed by atoms with Crippen molar-refractivity contribution in [3.05, 3.63) is 34.9 Å². The van der Waals surface area contributed by atoms with Gasteiger partial charge in [0.05, 0.1) is 38.3 Å². The van der Waals surface area contributed by atoms with Crippen molar-refractivity contribution < 1.29 is 52.7 Å². The van der Waals surface area contributed by atoms with E-state index in [1.165, 1.54) is 64.6 Å². The van der Waals surface area contributed by atoms with Crippen LogP contribution < -0.4 is 16.0 Å². The standard InChI is InChI=1S/C68H107ClN12O11/c1-11-45(2)59-66(91)75(6)43-57(84)73(4)44-58(85)77(8)53(40-48-24-15-12-16-25-48)64(89)74(5)42-55(82)70-51(34-31-47-29-32-50(69)33-30-47)63(88)81-39-23-28-52(81)61(87)72-68(35-19-20-36-68)67(92)79(10)62(49-26-17-13-18-27-49)78(9)54(65(90)80-37-21-14-22-38-80)41-56(83)76(7)46(3)60(86)71-59/h29-30,32-33,45-46,48-49,51-54,59,62H,11-28,31,34-44H2,1-10H3,(H,70,82)(H,71,86)(H,72,87)/t45-,46+,51-,52-,53-,54-,59-,62?/m0/s1. The van der Waals surface area contributed by atoms with Crippen LogP contribution in [-0.4, -0.2) is 246 Å². The van der Waals surface area contributed by atoms with E-state index in [9.17, 15) is 33.6 Å². The average Bonchev–Trinajstić information content (AvgIpc) is 1.42. The summed E-state index contributed by atoms with van der Waals surface area (Å²) in [4.78, 5) is 176. The molecule has 1 aromatic carbocycles. The largest absolute Gasteiger partial charge is 0.343 e. The van der Waals surface area contributed by atoms with Gasteiger partial charge in [0, 0.05) is 66.9 Å². The fourth-order valence-electron chi connectivity index (χ4n) is 15.0. The van der Waals surface area contributed by atoms with Crippen molar-refractivity contribution in [3.63, 3.8) is 0 Å². The molecule has 0 bridgehead atoms. The van der Waals surface area contributed by atoms with Gasteiger partial charge in [-0.05, 0) is 126 Å². The summed E-state index contributed by atoms with van der Waals surface area (Å²) >= 11 is 6.26. The Bertz CT molecular complexity index is 2770. The number of rotatable bonds is 9. The fraction of sp³-hybridized carbons (Fsp3) is 0.750. The zero-order valence-electron chi connectivity index (χ0n) is 56.7. The minimum absolute atomic E-state index is 0.105. The molecule has 1 spiro atoms. The molecule has 1 unspecified atom stereocenters. The monoisotopic (exact) mass is 1300 g/mol. The van der Waals surface area contributed by atoms with E-state index in [0.29, 0.717) is 75.9 Å². The normalized spacial score (nSPS) is 28.0. The Morgan fingerprint density at radius 2 is 1.22 bits per heavy atom. The first-order chi connectivity index (χ1) is 43.8. The minimum atomic E-state index is -1.37. The number of fused-ring (bicyclic) bond motifs is 1. The van der Waals surface area contributed by atoms with Crippen LogP contribution in [0.25, 0.3) is 0 Å². The predicted molar refractivity (Wildman–Crippen MR) is 350 cm³/mol. The molecule has 3 N–H and O–H groups in total. The maximum absolute atomic E-state index is 15.8. The number of benzene rings is 1. The Morgan fingerprint density at radius 1 is 0.620 bits per heavy atom. The lowest BCUT2D eigenvalue weighted by atomic mass is 9.84. The number of hydrogen-bond acceptors (Lipinski definition) is 12. The number of likely N-dealkylation sites (N-methyl/N-ethyl adjacent to an activating group) is 7. The molecule has 512 valence electrons. The number of likely N-dealkylation sites (tertiary alicyclic amines) is 1.